The average molecular weight is 363 g/mol. The third-order valence-corrected chi connectivity index (χ3v) is 5.30. The molecule has 2 aromatic rings. The number of nitrogens with one attached hydrogen (secondary N) is 4. The van der Waals surface area contributed by atoms with Gasteiger partial charge in [0.05, 0.1) is 0 Å². The lowest BCUT2D eigenvalue weighted by atomic mass is 9.96. The Labute approximate surface area is 157 Å². The van der Waals surface area contributed by atoms with Crippen LogP contribution >= 0.6 is 0 Å². The van der Waals surface area contributed by atoms with Crippen LogP contribution in [0.2, 0.25) is 0 Å². The van der Waals surface area contributed by atoms with Crippen molar-refractivity contribution >= 4 is 22.9 Å². The zero-order valence-electron chi connectivity index (χ0n) is 15.1. The van der Waals surface area contributed by atoms with E-state index in [4.69, 9.17) is 4.74 Å². The Bertz CT molecular complexity index is 963. The van der Waals surface area contributed by atoms with Crippen LogP contribution in [0.5, 0.6) is 5.88 Å². The molecule has 1 aromatic heterocycles. The molecule has 1 aromatic carbocycles. The van der Waals surface area contributed by atoms with E-state index in [-0.39, 0.29) is 11.9 Å². The SMILES string of the molecule is Cc1c(-c2ccc3c(c2)/C(=C/C2CCNN2)C(=O)N3)cnc2c1NCCO2. The standard InChI is InChI=1S/C20H21N5O2/c1-11-16(10-22-20-18(11)21-6-7-27-20)12-2-3-17-14(8-12)15(19(26)24-17)9-13-4-5-23-25-13/h2-3,8-10,13,21,23,25H,4-7H2,1H3,(H,24,26)/b15-9-. The lowest BCUT2D eigenvalue weighted by Crippen LogP contribution is -2.28. The number of carbonyl (C=O) groups is 1. The van der Waals surface area contributed by atoms with Crippen molar-refractivity contribution in [1.82, 2.24) is 15.8 Å². The number of carbonyl (C=O) groups excluding carboxylic acids is 1. The lowest BCUT2D eigenvalue weighted by Gasteiger charge is -2.21. The highest BCUT2D eigenvalue weighted by molar-refractivity contribution is 6.31. The Balaban J connectivity index is 1.57. The van der Waals surface area contributed by atoms with Gasteiger partial charge < -0.3 is 15.4 Å². The van der Waals surface area contributed by atoms with Gasteiger partial charge in [0.1, 0.15) is 12.3 Å². The first-order valence-corrected chi connectivity index (χ1v) is 9.23. The van der Waals surface area contributed by atoms with Crippen LogP contribution in [-0.4, -0.2) is 36.6 Å². The molecule has 3 aliphatic heterocycles. The molecule has 1 amide bonds. The maximum absolute atomic E-state index is 12.5. The monoisotopic (exact) mass is 363 g/mol. The smallest absolute Gasteiger partial charge is 0.256 e. The number of hydrogen-bond acceptors (Lipinski definition) is 6. The number of amides is 1. The molecule has 7 heteroatoms. The van der Waals surface area contributed by atoms with E-state index in [0.29, 0.717) is 12.5 Å². The molecule has 7 nitrogen and oxygen atoms in total. The molecule has 3 aliphatic rings. The van der Waals surface area contributed by atoms with Gasteiger partial charge in [0.25, 0.3) is 5.91 Å². The predicted molar refractivity (Wildman–Crippen MR) is 105 cm³/mol. The van der Waals surface area contributed by atoms with Crippen molar-refractivity contribution in [2.24, 2.45) is 0 Å². The van der Waals surface area contributed by atoms with E-state index in [1.54, 1.807) is 0 Å². The van der Waals surface area contributed by atoms with Crippen LogP contribution in [0.15, 0.2) is 30.5 Å². The van der Waals surface area contributed by atoms with Gasteiger partial charge in [0.2, 0.25) is 5.88 Å². The molecule has 1 fully saturated rings. The van der Waals surface area contributed by atoms with Crippen molar-refractivity contribution in [3.8, 4) is 17.0 Å². The summed E-state index contributed by atoms with van der Waals surface area (Å²) in [5.74, 6) is 0.604. The summed E-state index contributed by atoms with van der Waals surface area (Å²) in [6.45, 7) is 4.37. The van der Waals surface area contributed by atoms with Gasteiger partial charge in [-0.2, -0.15) is 0 Å². The van der Waals surface area contributed by atoms with E-state index in [1.807, 2.05) is 24.4 Å². The normalized spacial score (nSPS) is 22.0. The van der Waals surface area contributed by atoms with E-state index in [9.17, 15) is 4.79 Å². The van der Waals surface area contributed by atoms with Crippen molar-refractivity contribution in [2.45, 2.75) is 19.4 Å². The van der Waals surface area contributed by atoms with Gasteiger partial charge in [0.15, 0.2) is 0 Å². The van der Waals surface area contributed by atoms with E-state index in [2.05, 4.69) is 39.5 Å². The molecule has 0 spiro atoms. The Kier molecular flexibility index (Phi) is 3.84. The van der Waals surface area contributed by atoms with Crippen molar-refractivity contribution in [2.75, 3.05) is 30.3 Å². The Morgan fingerprint density at radius 2 is 2.19 bits per heavy atom. The number of pyridine rings is 1. The van der Waals surface area contributed by atoms with Gasteiger partial charge in [-0.3, -0.25) is 15.6 Å². The fourth-order valence-electron chi connectivity index (χ4n) is 3.86. The summed E-state index contributed by atoms with van der Waals surface area (Å²) in [6.07, 6.45) is 4.82. The first-order valence-electron chi connectivity index (χ1n) is 9.23. The summed E-state index contributed by atoms with van der Waals surface area (Å²) < 4.78 is 5.62. The van der Waals surface area contributed by atoms with E-state index in [0.717, 1.165) is 58.7 Å². The first kappa shape index (κ1) is 16.3. The molecule has 4 N–H and O–H groups in total. The van der Waals surface area contributed by atoms with Crippen LogP contribution in [0.25, 0.3) is 16.7 Å². The van der Waals surface area contributed by atoms with Crippen LogP contribution in [0.1, 0.15) is 17.5 Å². The Morgan fingerprint density at radius 1 is 1.26 bits per heavy atom. The molecule has 0 saturated carbocycles. The second kappa shape index (κ2) is 6.37. The average Bonchev–Trinajstić information content (AvgIpc) is 3.31. The Morgan fingerprint density at radius 3 is 3.04 bits per heavy atom. The second-order valence-corrected chi connectivity index (χ2v) is 7.01. The highest BCUT2D eigenvalue weighted by Crippen LogP contribution is 2.39. The molecule has 0 radical (unpaired) electrons. The number of aromatic nitrogens is 1. The largest absolute Gasteiger partial charge is 0.474 e. The number of hydrazine groups is 1. The van der Waals surface area contributed by atoms with Gasteiger partial charge in [-0.1, -0.05) is 12.1 Å². The van der Waals surface area contributed by atoms with Gasteiger partial charge in [-0.25, -0.2) is 4.98 Å². The summed E-state index contributed by atoms with van der Waals surface area (Å²) in [7, 11) is 0. The van der Waals surface area contributed by atoms with Gasteiger partial charge >= 0.3 is 0 Å². The summed E-state index contributed by atoms with van der Waals surface area (Å²) >= 11 is 0. The maximum Gasteiger partial charge on any atom is 0.256 e. The van der Waals surface area contributed by atoms with E-state index >= 15 is 0 Å². The maximum atomic E-state index is 12.5. The molecule has 0 bridgehead atoms. The number of benzene rings is 1. The quantitative estimate of drug-likeness (QED) is 0.611. The molecular weight excluding hydrogens is 342 g/mol. The number of hydrogen-bond donors (Lipinski definition) is 4. The molecule has 1 saturated heterocycles. The molecule has 5 rings (SSSR count). The number of rotatable bonds is 2. The lowest BCUT2D eigenvalue weighted by molar-refractivity contribution is -0.110. The van der Waals surface area contributed by atoms with E-state index in [1.165, 1.54) is 0 Å². The second-order valence-electron chi connectivity index (χ2n) is 7.01. The molecule has 138 valence electrons. The van der Waals surface area contributed by atoms with Gasteiger partial charge in [-0.05, 0) is 36.6 Å². The topological polar surface area (TPSA) is 87.3 Å². The minimum atomic E-state index is -0.0498. The summed E-state index contributed by atoms with van der Waals surface area (Å²) in [5.41, 5.74) is 12.9. The molecule has 1 unspecified atom stereocenters. The summed E-state index contributed by atoms with van der Waals surface area (Å²) in [6, 6.07) is 6.22. The minimum absolute atomic E-state index is 0.0498. The summed E-state index contributed by atoms with van der Waals surface area (Å²) in [5, 5.41) is 6.34. The zero-order valence-corrected chi connectivity index (χ0v) is 15.1. The van der Waals surface area contributed by atoms with Gasteiger partial charge in [-0.15, -0.1) is 0 Å². The Hall–Kier alpha value is -2.90. The van der Waals surface area contributed by atoms with Crippen molar-refractivity contribution in [3.63, 3.8) is 0 Å². The molecule has 27 heavy (non-hydrogen) atoms. The number of anilines is 2. The number of ether oxygens (including phenoxy) is 1. The van der Waals surface area contributed by atoms with Crippen LogP contribution < -0.4 is 26.2 Å². The molecule has 1 atom stereocenters. The van der Waals surface area contributed by atoms with Crippen LogP contribution in [0.3, 0.4) is 0 Å². The predicted octanol–water partition coefficient (Wildman–Crippen LogP) is 2.06. The van der Waals surface area contributed by atoms with Gasteiger partial charge in [0, 0.05) is 47.7 Å². The van der Waals surface area contributed by atoms with E-state index < -0.39 is 0 Å². The highest BCUT2D eigenvalue weighted by atomic mass is 16.5. The fourth-order valence-corrected chi connectivity index (χ4v) is 3.86. The van der Waals surface area contributed by atoms with Crippen LogP contribution in [0.4, 0.5) is 11.4 Å². The van der Waals surface area contributed by atoms with Crippen molar-refractivity contribution < 1.29 is 9.53 Å². The molecule has 0 aliphatic carbocycles. The highest BCUT2D eigenvalue weighted by Gasteiger charge is 2.27. The van der Waals surface area contributed by atoms with Crippen LogP contribution in [-0.2, 0) is 4.79 Å². The molecule has 4 heterocycles. The molecular formula is C20H21N5O2. The fraction of sp³-hybridized carbons (Fsp3) is 0.300. The van der Waals surface area contributed by atoms with Crippen molar-refractivity contribution in [3.05, 3.63) is 41.6 Å². The zero-order chi connectivity index (χ0) is 18.4. The number of nitrogens with zero attached hydrogens (tertiary/aromatic N) is 1. The minimum Gasteiger partial charge on any atom is -0.474 e. The summed E-state index contributed by atoms with van der Waals surface area (Å²) in [4.78, 5) is 16.9. The first-order chi connectivity index (χ1) is 13.2. The third-order valence-electron chi connectivity index (χ3n) is 5.30. The number of fused-ring (bicyclic) bond motifs is 2. The van der Waals surface area contributed by atoms with Crippen LogP contribution in [0, 0.1) is 6.92 Å². The third kappa shape index (κ3) is 2.75. The van der Waals surface area contributed by atoms with Crippen molar-refractivity contribution in [1.29, 1.82) is 0 Å².